The largest absolute Gasteiger partial charge is 0.460 e. The molecule has 1 aromatic carbocycles. The molecule has 0 aliphatic heterocycles. The highest BCUT2D eigenvalue weighted by molar-refractivity contribution is 7.86. The normalized spacial score (nSPS) is 22.0. The van der Waals surface area contributed by atoms with E-state index in [4.69, 9.17) is 8.92 Å². The van der Waals surface area contributed by atoms with E-state index in [0.29, 0.717) is 12.8 Å². The van der Waals surface area contributed by atoms with Gasteiger partial charge in [0.2, 0.25) is 0 Å². The van der Waals surface area contributed by atoms with Crippen molar-refractivity contribution in [1.29, 1.82) is 0 Å². The Kier molecular flexibility index (Phi) is 4.63. The number of benzene rings is 1. The Morgan fingerprint density at radius 2 is 1.68 bits per heavy atom. The number of ether oxygens (including phenoxy) is 1. The molecule has 1 saturated carbocycles. The molecule has 0 spiro atoms. The van der Waals surface area contributed by atoms with E-state index >= 15 is 0 Å². The topological polar surface area (TPSA) is 69.7 Å². The molecule has 0 amide bonds. The lowest BCUT2D eigenvalue weighted by molar-refractivity contribution is -0.166. The van der Waals surface area contributed by atoms with Crippen molar-refractivity contribution in [1.82, 2.24) is 0 Å². The summed E-state index contributed by atoms with van der Waals surface area (Å²) in [5, 5.41) is 0. The Bertz CT molecular complexity index is 634. The van der Waals surface area contributed by atoms with Crippen molar-refractivity contribution in [2.45, 2.75) is 57.1 Å². The fraction of sp³-hybridized carbons (Fsp3) is 0.562. The van der Waals surface area contributed by atoms with E-state index in [9.17, 15) is 13.2 Å². The number of esters is 1. The molecule has 1 aliphatic rings. The molecule has 0 saturated heterocycles. The lowest BCUT2D eigenvalue weighted by Crippen LogP contribution is -2.40. The smallest absolute Gasteiger partial charge is 0.309 e. The van der Waals surface area contributed by atoms with Crippen molar-refractivity contribution in [2.24, 2.45) is 5.92 Å². The average molecular weight is 326 g/mol. The van der Waals surface area contributed by atoms with Crippen LogP contribution in [0.15, 0.2) is 29.2 Å². The lowest BCUT2D eigenvalue weighted by atomic mass is 9.82. The summed E-state index contributed by atoms with van der Waals surface area (Å²) in [5.74, 6) is -0.572. The van der Waals surface area contributed by atoms with Gasteiger partial charge in [0.15, 0.2) is 0 Å². The third kappa shape index (κ3) is 4.30. The van der Waals surface area contributed by atoms with Gasteiger partial charge in [-0.1, -0.05) is 17.7 Å². The van der Waals surface area contributed by atoms with Crippen LogP contribution >= 0.6 is 0 Å². The summed E-state index contributed by atoms with van der Waals surface area (Å²) < 4.78 is 34.7. The highest BCUT2D eigenvalue weighted by Gasteiger charge is 2.40. The van der Waals surface area contributed by atoms with Gasteiger partial charge in [0.05, 0.1) is 16.9 Å². The van der Waals surface area contributed by atoms with Crippen LogP contribution in [0.1, 0.15) is 39.2 Å². The number of carbonyl (C=O) groups is 1. The summed E-state index contributed by atoms with van der Waals surface area (Å²) in [6.07, 6.45) is 0.295. The monoisotopic (exact) mass is 326 g/mol. The number of rotatable bonds is 4. The average Bonchev–Trinajstić information content (AvgIpc) is 2.31. The molecule has 22 heavy (non-hydrogen) atoms. The van der Waals surface area contributed by atoms with Crippen molar-refractivity contribution >= 4 is 16.1 Å². The highest BCUT2D eigenvalue weighted by atomic mass is 32.2. The fourth-order valence-corrected chi connectivity index (χ4v) is 3.26. The maximum atomic E-state index is 12.1. The molecule has 0 unspecified atom stereocenters. The Morgan fingerprint density at radius 1 is 1.14 bits per heavy atom. The lowest BCUT2D eigenvalue weighted by Gasteiger charge is -2.34. The quantitative estimate of drug-likeness (QED) is 0.628. The van der Waals surface area contributed by atoms with Gasteiger partial charge in [0.1, 0.15) is 5.60 Å². The summed E-state index contributed by atoms with van der Waals surface area (Å²) >= 11 is 0. The van der Waals surface area contributed by atoms with Gasteiger partial charge in [-0.05, 0) is 52.7 Å². The third-order valence-corrected chi connectivity index (χ3v) is 4.78. The number of hydrogen-bond acceptors (Lipinski definition) is 5. The maximum absolute atomic E-state index is 12.1. The van der Waals surface area contributed by atoms with Crippen molar-refractivity contribution in [3.05, 3.63) is 29.8 Å². The minimum atomic E-state index is -3.77. The predicted molar refractivity (Wildman–Crippen MR) is 81.8 cm³/mol. The Hall–Kier alpha value is -1.40. The van der Waals surface area contributed by atoms with E-state index in [1.54, 1.807) is 32.9 Å². The Balaban J connectivity index is 1.89. The summed E-state index contributed by atoms with van der Waals surface area (Å²) in [7, 11) is -3.77. The second-order valence-electron chi connectivity index (χ2n) is 6.69. The molecule has 1 fully saturated rings. The first-order valence-corrected chi connectivity index (χ1v) is 8.70. The molecule has 0 N–H and O–H groups in total. The Morgan fingerprint density at radius 3 is 2.18 bits per heavy atom. The van der Waals surface area contributed by atoms with Gasteiger partial charge >= 0.3 is 5.97 Å². The van der Waals surface area contributed by atoms with E-state index in [2.05, 4.69) is 0 Å². The summed E-state index contributed by atoms with van der Waals surface area (Å²) in [6.45, 7) is 7.30. The summed E-state index contributed by atoms with van der Waals surface area (Å²) in [4.78, 5) is 12.0. The predicted octanol–water partition coefficient (Wildman–Crippen LogP) is 2.82. The molecular formula is C16H22O5S. The molecule has 0 bridgehead atoms. The SMILES string of the molecule is Cc1ccc(S(=O)(=O)OC2CC(C(=O)OC(C)(C)C)C2)cc1. The maximum Gasteiger partial charge on any atom is 0.309 e. The summed E-state index contributed by atoms with van der Waals surface area (Å²) in [5.41, 5.74) is 0.448. The van der Waals surface area contributed by atoms with Crippen LogP contribution in [0.25, 0.3) is 0 Å². The summed E-state index contributed by atoms with van der Waals surface area (Å²) in [6, 6.07) is 6.49. The second kappa shape index (κ2) is 6.01. The molecule has 1 aromatic rings. The van der Waals surface area contributed by atoms with Crippen molar-refractivity contribution < 1.29 is 22.1 Å². The third-order valence-electron chi connectivity index (χ3n) is 3.41. The van der Waals surface area contributed by atoms with E-state index < -0.39 is 21.8 Å². The zero-order chi connectivity index (χ0) is 16.5. The first-order chi connectivity index (χ1) is 10.1. The molecule has 6 heteroatoms. The fourth-order valence-electron chi connectivity index (χ4n) is 2.16. The zero-order valence-corrected chi connectivity index (χ0v) is 14.1. The van der Waals surface area contributed by atoms with Gasteiger partial charge in [-0.3, -0.25) is 8.98 Å². The van der Waals surface area contributed by atoms with Gasteiger partial charge in [-0.25, -0.2) is 0 Å². The van der Waals surface area contributed by atoms with Gasteiger partial charge in [0.25, 0.3) is 10.1 Å². The highest BCUT2D eigenvalue weighted by Crippen LogP contribution is 2.34. The minimum Gasteiger partial charge on any atom is -0.460 e. The molecule has 0 atom stereocenters. The molecular weight excluding hydrogens is 304 g/mol. The molecule has 0 aromatic heterocycles. The van der Waals surface area contributed by atoms with Gasteiger partial charge in [0, 0.05) is 0 Å². The van der Waals surface area contributed by atoms with Gasteiger partial charge < -0.3 is 4.74 Å². The minimum absolute atomic E-state index is 0.138. The van der Waals surface area contributed by atoms with Crippen LogP contribution in [0.5, 0.6) is 0 Å². The van der Waals surface area contributed by atoms with E-state index in [0.717, 1.165) is 5.56 Å². The molecule has 2 rings (SSSR count). The number of hydrogen-bond donors (Lipinski definition) is 0. The van der Waals surface area contributed by atoms with Gasteiger partial charge in [-0.2, -0.15) is 8.42 Å². The van der Waals surface area contributed by atoms with Crippen LogP contribution in [-0.4, -0.2) is 26.1 Å². The number of carbonyl (C=O) groups excluding carboxylic acids is 1. The van der Waals surface area contributed by atoms with Crippen molar-refractivity contribution in [3.63, 3.8) is 0 Å². The van der Waals surface area contributed by atoms with Crippen LogP contribution < -0.4 is 0 Å². The molecule has 5 nitrogen and oxygen atoms in total. The van der Waals surface area contributed by atoms with Crippen LogP contribution in [-0.2, 0) is 23.8 Å². The van der Waals surface area contributed by atoms with E-state index in [1.807, 2.05) is 6.92 Å². The zero-order valence-electron chi connectivity index (χ0n) is 13.3. The first-order valence-electron chi connectivity index (χ1n) is 7.30. The van der Waals surface area contributed by atoms with E-state index in [1.165, 1.54) is 12.1 Å². The van der Waals surface area contributed by atoms with Crippen molar-refractivity contribution in [3.8, 4) is 0 Å². The number of aryl methyl sites for hydroxylation is 1. The standard InChI is InChI=1S/C16H22O5S/c1-11-5-7-14(8-6-11)22(18,19)21-13-9-12(10-13)15(17)20-16(2,3)4/h5-8,12-13H,9-10H2,1-4H3. The van der Waals surface area contributed by atoms with Crippen LogP contribution in [0.2, 0.25) is 0 Å². The molecule has 122 valence electrons. The van der Waals surface area contributed by atoms with Crippen LogP contribution in [0.4, 0.5) is 0 Å². The molecule has 1 aliphatic carbocycles. The second-order valence-corrected chi connectivity index (χ2v) is 8.26. The Labute approximate surface area is 131 Å². The van der Waals surface area contributed by atoms with Gasteiger partial charge in [-0.15, -0.1) is 0 Å². The van der Waals surface area contributed by atoms with Crippen molar-refractivity contribution in [2.75, 3.05) is 0 Å². The molecule has 0 radical (unpaired) electrons. The molecule has 0 heterocycles. The van der Waals surface area contributed by atoms with Crippen LogP contribution in [0.3, 0.4) is 0 Å². The first kappa shape index (κ1) is 17.0. The van der Waals surface area contributed by atoms with E-state index in [-0.39, 0.29) is 16.8 Å². The van der Waals surface area contributed by atoms with Crippen LogP contribution in [0, 0.1) is 12.8 Å².